The summed E-state index contributed by atoms with van der Waals surface area (Å²) in [6.07, 6.45) is 3.31. The zero-order chi connectivity index (χ0) is 12.1. The van der Waals surface area contributed by atoms with Gasteiger partial charge >= 0.3 is 0 Å². The maximum Gasteiger partial charge on any atom is 0.124 e. The van der Waals surface area contributed by atoms with E-state index in [2.05, 4.69) is 4.98 Å². The van der Waals surface area contributed by atoms with Gasteiger partial charge in [-0.2, -0.15) is 0 Å². The number of hydrogen-bond donors (Lipinski definition) is 1. The predicted molar refractivity (Wildman–Crippen MR) is 67.7 cm³/mol. The van der Waals surface area contributed by atoms with Crippen LogP contribution in [0.4, 0.5) is 0 Å². The number of nitrogens with zero attached hydrogens (tertiary/aromatic N) is 1. The van der Waals surface area contributed by atoms with Gasteiger partial charge in [0.15, 0.2) is 0 Å². The lowest BCUT2D eigenvalue weighted by Gasteiger charge is -2.02. The van der Waals surface area contributed by atoms with Crippen molar-refractivity contribution in [2.75, 3.05) is 7.11 Å². The highest BCUT2D eigenvalue weighted by molar-refractivity contribution is 5.75. The molecule has 1 N–H and O–H groups in total. The lowest BCUT2D eigenvalue weighted by atomic mass is 10.1. The first kappa shape index (κ1) is 11.2. The molecule has 1 heterocycles. The van der Waals surface area contributed by atoms with Gasteiger partial charge in [0.1, 0.15) is 11.5 Å². The van der Waals surface area contributed by atoms with Crippen molar-refractivity contribution >= 4 is 11.8 Å². The van der Waals surface area contributed by atoms with E-state index < -0.39 is 0 Å². The van der Waals surface area contributed by atoms with E-state index in [0.717, 1.165) is 17.0 Å². The van der Waals surface area contributed by atoms with Gasteiger partial charge in [0.05, 0.1) is 12.8 Å². The van der Waals surface area contributed by atoms with Gasteiger partial charge in [0.25, 0.3) is 0 Å². The fourth-order valence-electron chi connectivity index (χ4n) is 1.45. The molecule has 1 aromatic heterocycles. The highest BCUT2D eigenvalue weighted by atomic mass is 16.5. The maximum atomic E-state index is 9.92. The van der Waals surface area contributed by atoms with Crippen LogP contribution >= 0.6 is 0 Å². The number of aromatic nitrogens is 1. The third-order valence-corrected chi connectivity index (χ3v) is 2.36. The summed E-state index contributed by atoms with van der Waals surface area (Å²) in [5, 5.41) is 9.92. The Balaban J connectivity index is 2.24. The molecule has 0 saturated carbocycles. The van der Waals surface area contributed by atoms with E-state index in [4.69, 9.17) is 4.74 Å². The molecule has 86 valence electrons. The Morgan fingerprint density at radius 1 is 1.18 bits per heavy atom. The standard InChI is InChI=1S/C14H13NO2/c1-17-13-7-5-11(6-8-13)14(16)10-12-4-2-3-9-15-12/h2-10,16H,1H3/b14-10-. The van der Waals surface area contributed by atoms with Crippen molar-refractivity contribution in [2.45, 2.75) is 0 Å². The number of methoxy groups -OCH3 is 1. The molecule has 0 aliphatic rings. The molecule has 0 unspecified atom stereocenters. The molecule has 0 aliphatic heterocycles. The fourth-order valence-corrected chi connectivity index (χ4v) is 1.45. The smallest absolute Gasteiger partial charge is 0.124 e. The molecule has 0 saturated heterocycles. The quantitative estimate of drug-likeness (QED) is 0.819. The van der Waals surface area contributed by atoms with E-state index >= 15 is 0 Å². The number of aliphatic hydroxyl groups is 1. The Morgan fingerprint density at radius 3 is 2.53 bits per heavy atom. The van der Waals surface area contributed by atoms with E-state index in [1.165, 1.54) is 0 Å². The number of hydrogen-bond acceptors (Lipinski definition) is 3. The number of aliphatic hydroxyl groups excluding tert-OH is 1. The minimum atomic E-state index is 0.186. The van der Waals surface area contributed by atoms with E-state index in [-0.39, 0.29) is 5.76 Å². The Labute approximate surface area is 100 Å². The number of rotatable bonds is 3. The summed E-state index contributed by atoms with van der Waals surface area (Å²) in [6, 6.07) is 12.7. The molecule has 0 amide bonds. The molecular weight excluding hydrogens is 214 g/mol. The second-order valence-electron chi connectivity index (χ2n) is 3.51. The fraction of sp³-hybridized carbons (Fsp3) is 0.0714. The van der Waals surface area contributed by atoms with Gasteiger partial charge in [-0.1, -0.05) is 6.07 Å². The first-order chi connectivity index (χ1) is 8.29. The van der Waals surface area contributed by atoms with Crippen LogP contribution < -0.4 is 4.74 Å². The molecule has 2 rings (SSSR count). The normalized spacial score (nSPS) is 11.2. The van der Waals surface area contributed by atoms with Crippen LogP contribution in [0.1, 0.15) is 11.3 Å². The van der Waals surface area contributed by atoms with Crippen molar-refractivity contribution in [2.24, 2.45) is 0 Å². The highest BCUT2D eigenvalue weighted by Gasteiger charge is 2.00. The summed E-state index contributed by atoms with van der Waals surface area (Å²) >= 11 is 0. The van der Waals surface area contributed by atoms with Crippen molar-refractivity contribution in [3.8, 4) is 5.75 Å². The third kappa shape index (κ3) is 2.84. The van der Waals surface area contributed by atoms with Crippen LogP contribution in [0.25, 0.3) is 11.8 Å². The van der Waals surface area contributed by atoms with Crippen LogP contribution in [-0.2, 0) is 0 Å². The highest BCUT2D eigenvalue weighted by Crippen LogP contribution is 2.18. The third-order valence-electron chi connectivity index (χ3n) is 2.36. The van der Waals surface area contributed by atoms with Crippen molar-refractivity contribution < 1.29 is 9.84 Å². The molecule has 3 nitrogen and oxygen atoms in total. The summed E-state index contributed by atoms with van der Waals surface area (Å²) in [5.41, 5.74) is 1.46. The predicted octanol–water partition coefficient (Wildman–Crippen LogP) is 3.15. The molecule has 0 fully saturated rings. The lowest BCUT2D eigenvalue weighted by Crippen LogP contribution is -1.86. The summed E-state index contributed by atoms with van der Waals surface area (Å²) in [6.45, 7) is 0. The summed E-state index contributed by atoms with van der Waals surface area (Å²) in [7, 11) is 1.61. The van der Waals surface area contributed by atoms with Gasteiger partial charge in [-0.15, -0.1) is 0 Å². The van der Waals surface area contributed by atoms with Crippen molar-refractivity contribution in [1.82, 2.24) is 4.98 Å². The van der Waals surface area contributed by atoms with Gasteiger partial charge in [0, 0.05) is 17.8 Å². The van der Waals surface area contributed by atoms with Crippen LogP contribution in [0.5, 0.6) is 5.75 Å². The molecule has 2 aromatic rings. The monoisotopic (exact) mass is 227 g/mol. The van der Waals surface area contributed by atoms with E-state index in [1.54, 1.807) is 43.6 Å². The summed E-state index contributed by atoms with van der Waals surface area (Å²) in [5.74, 6) is 0.950. The molecule has 0 aliphatic carbocycles. The summed E-state index contributed by atoms with van der Waals surface area (Å²) < 4.78 is 5.05. The van der Waals surface area contributed by atoms with Gasteiger partial charge in [-0.25, -0.2) is 0 Å². The van der Waals surface area contributed by atoms with Crippen LogP contribution in [0, 0.1) is 0 Å². The molecule has 0 radical (unpaired) electrons. The number of pyridine rings is 1. The Bertz CT molecular complexity index is 504. The minimum absolute atomic E-state index is 0.186. The van der Waals surface area contributed by atoms with Crippen LogP contribution in [-0.4, -0.2) is 17.2 Å². The average molecular weight is 227 g/mol. The van der Waals surface area contributed by atoms with Crippen molar-refractivity contribution in [3.05, 3.63) is 59.9 Å². The second kappa shape index (κ2) is 5.16. The van der Waals surface area contributed by atoms with E-state index in [9.17, 15) is 5.11 Å². The molecular formula is C14H13NO2. The molecule has 1 aromatic carbocycles. The largest absolute Gasteiger partial charge is 0.507 e. The molecule has 0 spiro atoms. The Morgan fingerprint density at radius 2 is 1.94 bits per heavy atom. The topological polar surface area (TPSA) is 42.4 Å². The van der Waals surface area contributed by atoms with E-state index in [1.807, 2.05) is 18.2 Å². The molecule has 17 heavy (non-hydrogen) atoms. The van der Waals surface area contributed by atoms with Gasteiger partial charge < -0.3 is 9.84 Å². The minimum Gasteiger partial charge on any atom is -0.507 e. The number of ether oxygens (including phenoxy) is 1. The first-order valence-electron chi connectivity index (χ1n) is 5.26. The molecule has 0 bridgehead atoms. The van der Waals surface area contributed by atoms with Crippen LogP contribution in [0.3, 0.4) is 0 Å². The lowest BCUT2D eigenvalue weighted by molar-refractivity contribution is 0.414. The zero-order valence-corrected chi connectivity index (χ0v) is 9.50. The SMILES string of the molecule is COc1ccc(/C(O)=C/c2ccccn2)cc1. The van der Waals surface area contributed by atoms with Crippen molar-refractivity contribution in [3.63, 3.8) is 0 Å². The Kier molecular flexibility index (Phi) is 3.40. The molecule has 3 heteroatoms. The van der Waals surface area contributed by atoms with Gasteiger partial charge in [0.2, 0.25) is 0 Å². The zero-order valence-electron chi connectivity index (χ0n) is 9.50. The maximum absolute atomic E-state index is 9.92. The van der Waals surface area contributed by atoms with Crippen LogP contribution in [0.2, 0.25) is 0 Å². The average Bonchev–Trinajstić information content (AvgIpc) is 2.40. The van der Waals surface area contributed by atoms with Gasteiger partial charge in [-0.05, 0) is 36.4 Å². The van der Waals surface area contributed by atoms with Gasteiger partial charge in [-0.3, -0.25) is 4.98 Å². The summed E-state index contributed by atoms with van der Waals surface area (Å²) in [4.78, 5) is 4.12. The first-order valence-corrected chi connectivity index (χ1v) is 5.26. The van der Waals surface area contributed by atoms with Crippen molar-refractivity contribution in [1.29, 1.82) is 0 Å². The molecule has 0 atom stereocenters. The Hall–Kier alpha value is -2.29. The van der Waals surface area contributed by atoms with Crippen LogP contribution in [0.15, 0.2) is 48.7 Å². The van der Waals surface area contributed by atoms with E-state index in [0.29, 0.717) is 0 Å². The number of benzene rings is 1. The second-order valence-corrected chi connectivity index (χ2v) is 3.51.